The summed E-state index contributed by atoms with van der Waals surface area (Å²) in [6.07, 6.45) is 7.92. The lowest BCUT2D eigenvalue weighted by Crippen LogP contribution is -2.40. The number of carbonyl (C=O) groups excluding carboxylic acids is 1. The molecule has 0 saturated carbocycles. The van der Waals surface area contributed by atoms with E-state index in [2.05, 4.69) is 6.08 Å². The van der Waals surface area contributed by atoms with E-state index in [-0.39, 0.29) is 0 Å². The number of carbonyl (C=O) groups is 1. The van der Waals surface area contributed by atoms with Gasteiger partial charge in [-0.05, 0) is 24.0 Å². The van der Waals surface area contributed by atoms with E-state index in [0.717, 1.165) is 24.0 Å². The third-order valence-corrected chi connectivity index (χ3v) is 3.36. The normalized spacial score (nSPS) is 17.5. The number of rotatable bonds is 4. The molecule has 3 nitrogen and oxygen atoms in total. The predicted octanol–water partition coefficient (Wildman–Crippen LogP) is 2.98. The smallest absolute Gasteiger partial charge is 0.347 e. The summed E-state index contributed by atoms with van der Waals surface area (Å²) in [6, 6.07) is 9.44. The van der Waals surface area contributed by atoms with Crippen molar-refractivity contribution in [1.29, 1.82) is 0 Å². The molecule has 0 radical (unpaired) electrons. The summed E-state index contributed by atoms with van der Waals surface area (Å²) >= 11 is 0. The van der Waals surface area contributed by atoms with Gasteiger partial charge in [-0.1, -0.05) is 48.6 Å². The molecule has 1 aromatic carbocycles. The van der Waals surface area contributed by atoms with Gasteiger partial charge in [-0.2, -0.15) is 0 Å². The molecule has 0 heterocycles. The van der Waals surface area contributed by atoms with Crippen molar-refractivity contribution in [3.8, 4) is 0 Å². The van der Waals surface area contributed by atoms with Gasteiger partial charge in [0.15, 0.2) is 0 Å². The Bertz CT molecular complexity index is 502. The fraction of sp³-hybridized carbons (Fsp3) is 0.312. The van der Waals surface area contributed by atoms with Crippen molar-refractivity contribution in [2.45, 2.75) is 18.4 Å². The highest BCUT2D eigenvalue weighted by Crippen LogP contribution is 2.37. The summed E-state index contributed by atoms with van der Waals surface area (Å²) in [4.78, 5) is 12.3. The Morgan fingerprint density at radius 2 is 1.89 bits per heavy atom. The second-order valence-corrected chi connectivity index (χ2v) is 4.38. The molecule has 100 valence electrons. The van der Waals surface area contributed by atoms with Crippen molar-refractivity contribution in [1.82, 2.24) is 0 Å². The molecule has 0 fully saturated rings. The van der Waals surface area contributed by atoms with Crippen LogP contribution in [0.25, 0.3) is 0 Å². The molecule has 0 N–H and O–H groups in total. The molecule has 0 saturated heterocycles. The maximum absolute atomic E-state index is 12.3. The van der Waals surface area contributed by atoms with Crippen molar-refractivity contribution in [2.24, 2.45) is 0 Å². The van der Waals surface area contributed by atoms with E-state index in [1.165, 1.54) is 14.2 Å². The molecule has 1 unspecified atom stereocenters. The van der Waals surface area contributed by atoms with Crippen LogP contribution >= 0.6 is 0 Å². The second kappa shape index (κ2) is 5.85. The fourth-order valence-electron chi connectivity index (χ4n) is 2.41. The zero-order valence-corrected chi connectivity index (χ0v) is 11.3. The minimum atomic E-state index is -1.17. The molecule has 19 heavy (non-hydrogen) atoms. The Morgan fingerprint density at radius 3 is 2.42 bits per heavy atom. The van der Waals surface area contributed by atoms with Crippen LogP contribution < -0.4 is 0 Å². The van der Waals surface area contributed by atoms with Gasteiger partial charge in [0.25, 0.3) is 0 Å². The van der Waals surface area contributed by atoms with Crippen molar-refractivity contribution in [3.63, 3.8) is 0 Å². The molecule has 2 rings (SSSR count). The van der Waals surface area contributed by atoms with Gasteiger partial charge in [0.1, 0.15) is 0 Å². The van der Waals surface area contributed by atoms with Crippen LogP contribution in [-0.4, -0.2) is 20.2 Å². The van der Waals surface area contributed by atoms with Crippen LogP contribution in [0.15, 0.2) is 54.1 Å². The number of esters is 1. The lowest BCUT2D eigenvalue weighted by Gasteiger charge is -2.32. The van der Waals surface area contributed by atoms with Gasteiger partial charge in [0.2, 0.25) is 5.60 Å². The van der Waals surface area contributed by atoms with Gasteiger partial charge in [-0.25, -0.2) is 4.79 Å². The van der Waals surface area contributed by atoms with Gasteiger partial charge in [0.05, 0.1) is 7.11 Å². The predicted molar refractivity (Wildman–Crippen MR) is 73.6 cm³/mol. The van der Waals surface area contributed by atoms with E-state index in [9.17, 15) is 4.79 Å². The summed E-state index contributed by atoms with van der Waals surface area (Å²) in [5.74, 6) is -0.404. The van der Waals surface area contributed by atoms with Crippen molar-refractivity contribution in [2.75, 3.05) is 14.2 Å². The van der Waals surface area contributed by atoms with E-state index in [4.69, 9.17) is 9.47 Å². The second-order valence-electron chi connectivity index (χ2n) is 4.38. The summed E-state index contributed by atoms with van der Waals surface area (Å²) < 4.78 is 10.6. The lowest BCUT2D eigenvalue weighted by molar-refractivity contribution is -0.162. The Hall–Kier alpha value is -1.87. The van der Waals surface area contributed by atoms with Crippen molar-refractivity contribution >= 4 is 5.97 Å². The Balaban J connectivity index is 2.58. The average molecular weight is 258 g/mol. The molecular formula is C16H18O3. The first kappa shape index (κ1) is 13.6. The molecule has 3 heteroatoms. The van der Waals surface area contributed by atoms with Gasteiger partial charge in [-0.15, -0.1) is 0 Å². The van der Waals surface area contributed by atoms with Crippen molar-refractivity contribution in [3.05, 3.63) is 59.7 Å². The number of ether oxygens (including phenoxy) is 2. The maximum atomic E-state index is 12.3. The van der Waals surface area contributed by atoms with E-state index in [1.807, 2.05) is 42.5 Å². The molecule has 1 aliphatic rings. The highest BCUT2D eigenvalue weighted by molar-refractivity contribution is 5.86. The van der Waals surface area contributed by atoms with E-state index >= 15 is 0 Å². The monoisotopic (exact) mass is 258 g/mol. The standard InChI is InChI=1S/C16H18O3/c1-18-15(17)16(19-2,13-9-5-3-6-10-13)14-11-7-4-8-12-14/h3,5-7,9-12H,4,8H2,1-2H3. The highest BCUT2D eigenvalue weighted by atomic mass is 16.6. The van der Waals surface area contributed by atoms with Gasteiger partial charge in [-0.3, -0.25) is 0 Å². The third-order valence-electron chi connectivity index (χ3n) is 3.36. The average Bonchev–Trinajstić information content (AvgIpc) is 2.50. The topological polar surface area (TPSA) is 35.5 Å². The van der Waals surface area contributed by atoms with Crippen LogP contribution in [0.2, 0.25) is 0 Å². The third kappa shape index (κ3) is 2.34. The first-order valence-electron chi connectivity index (χ1n) is 6.32. The lowest BCUT2D eigenvalue weighted by atomic mass is 9.83. The number of methoxy groups -OCH3 is 2. The minimum Gasteiger partial charge on any atom is -0.466 e. The molecule has 0 aromatic heterocycles. The number of allylic oxidation sites excluding steroid dienone is 2. The Morgan fingerprint density at radius 1 is 1.16 bits per heavy atom. The van der Waals surface area contributed by atoms with Crippen LogP contribution in [0.5, 0.6) is 0 Å². The molecule has 0 aliphatic heterocycles. The van der Waals surface area contributed by atoms with Crippen LogP contribution in [0, 0.1) is 0 Å². The van der Waals surface area contributed by atoms with Gasteiger partial charge >= 0.3 is 5.97 Å². The molecule has 0 bridgehead atoms. The molecule has 0 spiro atoms. The molecular weight excluding hydrogens is 240 g/mol. The van der Waals surface area contributed by atoms with Crippen molar-refractivity contribution < 1.29 is 14.3 Å². The molecule has 1 aromatic rings. The van der Waals surface area contributed by atoms with Crippen LogP contribution in [-0.2, 0) is 19.9 Å². The summed E-state index contributed by atoms with van der Waals surface area (Å²) in [6.45, 7) is 0. The number of benzene rings is 1. The summed E-state index contributed by atoms with van der Waals surface area (Å²) in [7, 11) is 2.92. The first-order valence-corrected chi connectivity index (χ1v) is 6.32. The summed E-state index contributed by atoms with van der Waals surface area (Å²) in [5.41, 5.74) is 0.439. The zero-order chi connectivity index (χ0) is 13.7. The van der Waals surface area contributed by atoms with Gasteiger partial charge in [0, 0.05) is 7.11 Å². The Kier molecular flexibility index (Phi) is 4.17. The molecule has 1 atom stereocenters. The van der Waals surface area contributed by atoms with E-state index in [0.29, 0.717) is 0 Å². The maximum Gasteiger partial charge on any atom is 0.347 e. The zero-order valence-electron chi connectivity index (χ0n) is 11.3. The fourth-order valence-corrected chi connectivity index (χ4v) is 2.41. The van der Waals surface area contributed by atoms with E-state index < -0.39 is 11.6 Å². The largest absolute Gasteiger partial charge is 0.466 e. The minimum absolute atomic E-state index is 0.404. The quantitative estimate of drug-likeness (QED) is 0.779. The van der Waals surface area contributed by atoms with Crippen LogP contribution in [0.4, 0.5) is 0 Å². The molecule has 1 aliphatic carbocycles. The van der Waals surface area contributed by atoms with E-state index in [1.54, 1.807) is 0 Å². The van der Waals surface area contributed by atoms with Crippen LogP contribution in [0.3, 0.4) is 0 Å². The molecule has 0 amide bonds. The number of hydrogen-bond acceptors (Lipinski definition) is 3. The Labute approximate surface area is 113 Å². The van der Waals surface area contributed by atoms with Crippen LogP contribution in [0.1, 0.15) is 18.4 Å². The summed E-state index contributed by atoms with van der Waals surface area (Å²) in [5, 5.41) is 0. The number of hydrogen-bond donors (Lipinski definition) is 0. The first-order chi connectivity index (χ1) is 9.25. The van der Waals surface area contributed by atoms with Gasteiger partial charge < -0.3 is 9.47 Å². The SMILES string of the molecule is COC(=O)C(OC)(C1=CCCC=C1)c1ccccc1. The highest BCUT2D eigenvalue weighted by Gasteiger charge is 2.44.